The minimum absolute atomic E-state index is 0.105. The third-order valence-corrected chi connectivity index (χ3v) is 6.52. The lowest BCUT2D eigenvalue weighted by Gasteiger charge is -2.21. The van der Waals surface area contributed by atoms with E-state index in [1.54, 1.807) is 49.4 Å². The maximum absolute atomic E-state index is 14.9. The summed E-state index contributed by atoms with van der Waals surface area (Å²) < 4.78 is 16.4. The average molecular weight is 494 g/mol. The Hall–Kier alpha value is -4.28. The standard InChI is InChI=1S/C30H28FN5O/c1-19-6-4-7-22(14-19)29(33-18-21-10-11-21)23-12-13-26(31)27(16-23)34-30(37)28-15-20(2)35-36(28)25-9-5-8-24(17-25)32-3/h4-9,12-17,21,29,33H,10-11,18H2,1-2H3,(H,34,37). The molecule has 3 aromatic carbocycles. The SMILES string of the molecule is [C-]#[N+]c1cccc(-n2nc(C)cc2C(=O)Nc2cc(C(NCC3CC3)c3cccc(C)c3)ccc2F)c1. The molecule has 1 aromatic heterocycles. The zero-order chi connectivity index (χ0) is 25.9. The highest BCUT2D eigenvalue weighted by Crippen LogP contribution is 2.31. The van der Waals surface area contributed by atoms with Crippen LogP contribution in [0.25, 0.3) is 10.5 Å². The van der Waals surface area contributed by atoms with E-state index < -0.39 is 11.7 Å². The quantitative estimate of drug-likeness (QED) is 0.275. The van der Waals surface area contributed by atoms with Crippen LogP contribution in [0, 0.1) is 32.2 Å². The highest BCUT2D eigenvalue weighted by molar-refractivity contribution is 6.03. The lowest BCUT2D eigenvalue weighted by Crippen LogP contribution is -2.25. The van der Waals surface area contributed by atoms with Crippen molar-refractivity contribution in [2.45, 2.75) is 32.7 Å². The molecule has 7 heteroatoms. The molecule has 2 N–H and O–H groups in total. The van der Waals surface area contributed by atoms with E-state index in [4.69, 9.17) is 6.57 Å². The first-order valence-electron chi connectivity index (χ1n) is 12.4. The van der Waals surface area contributed by atoms with E-state index in [0.29, 0.717) is 23.0 Å². The van der Waals surface area contributed by atoms with Crippen molar-refractivity contribution in [3.05, 3.63) is 118 Å². The number of nitrogens with one attached hydrogen (secondary N) is 2. The molecule has 0 saturated heterocycles. The predicted octanol–water partition coefficient (Wildman–Crippen LogP) is 6.52. The van der Waals surface area contributed by atoms with Gasteiger partial charge in [-0.3, -0.25) is 4.79 Å². The normalized spacial score (nSPS) is 13.7. The summed E-state index contributed by atoms with van der Waals surface area (Å²) in [4.78, 5) is 16.8. The van der Waals surface area contributed by atoms with Gasteiger partial charge in [-0.05, 0) is 80.6 Å². The maximum Gasteiger partial charge on any atom is 0.274 e. The number of nitrogens with zero attached hydrogens (tertiary/aromatic N) is 3. The van der Waals surface area contributed by atoms with Crippen molar-refractivity contribution < 1.29 is 9.18 Å². The smallest absolute Gasteiger partial charge is 0.274 e. The summed E-state index contributed by atoms with van der Waals surface area (Å²) in [6, 6.07) is 21.5. The van der Waals surface area contributed by atoms with E-state index >= 15 is 0 Å². The Balaban J connectivity index is 1.45. The van der Waals surface area contributed by atoms with Crippen LogP contribution >= 0.6 is 0 Å². The third kappa shape index (κ3) is 5.60. The molecular formula is C30H28FN5O. The van der Waals surface area contributed by atoms with Crippen LogP contribution in [0.3, 0.4) is 0 Å². The van der Waals surface area contributed by atoms with E-state index in [9.17, 15) is 9.18 Å². The van der Waals surface area contributed by atoms with E-state index in [-0.39, 0.29) is 17.4 Å². The number of amides is 1. The van der Waals surface area contributed by atoms with Gasteiger partial charge in [0.05, 0.1) is 29.7 Å². The van der Waals surface area contributed by atoms with E-state index in [1.807, 2.05) is 6.07 Å². The van der Waals surface area contributed by atoms with E-state index in [2.05, 4.69) is 45.7 Å². The van der Waals surface area contributed by atoms with Crippen molar-refractivity contribution in [2.75, 3.05) is 11.9 Å². The van der Waals surface area contributed by atoms with Crippen molar-refractivity contribution in [1.82, 2.24) is 15.1 Å². The Morgan fingerprint density at radius 3 is 2.62 bits per heavy atom. The lowest BCUT2D eigenvalue weighted by atomic mass is 9.96. The molecule has 0 bridgehead atoms. The van der Waals surface area contributed by atoms with Crippen LogP contribution in [0.1, 0.15) is 51.8 Å². The molecule has 1 aliphatic rings. The lowest BCUT2D eigenvalue weighted by molar-refractivity contribution is 0.101. The second kappa shape index (κ2) is 10.4. The summed E-state index contributed by atoms with van der Waals surface area (Å²) in [5, 5.41) is 10.8. The largest absolute Gasteiger partial charge is 0.318 e. The van der Waals surface area contributed by atoms with Gasteiger partial charge >= 0.3 is 0 Å². The van der Waals surface area contributed by atoms with E-state index in [0.717, 1.165) is 23.2 Å². The molecule has 6 nitrogen and oxygen atoms in total. The first-order valence-corrected chi connectivity index (χ1v) is 12.4. The molecule has 0 radical (unpaired) electrons. The summed E-state index contributed by atoms with van der Waals surface area (Å²) in [6.45, 7) is 12.0. The number of benzene rings is 3. The molecule has 1 atom stereocenters. The van der Waals surface area contributed by atoms with Crippen LogP contribution in [0.4, 0.5) is 15.8 Å². The second-order valence-corrected chi connectivity index (χ2v) is 9.61. The Morgan fingerprint density at radius 1 is 1.08 bits per heavy atom. The molecule has 1 saturated carbocycles. The second-order valence-electron chi connectivity index (χ2n) is 9.61. The summed E-state index contributed by atoms with van der Waals surface area (Å²) in [6.07, 6.45) is 2.45. The molecule has 1 aliphatic carbocycles. The first kappa shape index (κ1) is 24.4. The number of carbonyl (C=O) groups excluding carboxylic acids is 1. The van der Waals surface area contributed by atoms with E-state index in [1.165, 1.54) is 23.6 Å². The molecule has 1 amide bonds. The minimum atomic E-state index is -0.514. The van der Waals surface area contributed by atoms with Crippen LogP contribution in [0.5, 0.6) is 0 Å². The molecule has 0 aliphatic heterocycles. The number of hydrogen-bond donors (Lipinski definition) is 2. The summed E-state index contributed by atoms with van der Waals surface area (Å²) in [5.74, 6) is -0.320. The summed E-state index contributed by atoms with van der Waals surface area (Å²) >= 11 is 0. The van der Waals surface area contributed by atoms with Gasteiger partial charge in [0, 0.05) is 0 Å². The number of halogens is 1. The molecule has 1 heterocycles. The molecule has 4 aromatic rings. The Labute approximate surface area is 216 Å². The van der Waals surface area contributed by atoms with Crippen molar-refractivity contribution in [3.63, 3.8) is 0 Å². The van der Waals surface area contributed by atoms with Crippen molar-refractivity contribution in [3.8, 4) is 5.69 Å². The van der Waals surface area contributed by atoms with Gasteiger partial charge < -0.3 is 10.6 Å². The summed E-state index contributed by atoms with van der Waals surface area (Å²) in [7, 11) is 0. The van der Waals surface area contributed by atoms with Gasteiger partial charge in [0.15, 0.2) is 5.69 Å². The maximum atomic E-state index is 14.9. The number of hydrogen-bond acceptors (Lipinski definition) is 3. The van der Waals surface area contributed by atoms with Gasteiger partial charge in [-0.25, -0.2) is 13.9 Å². The van der Waals surface area contributed by atoms with Crippen molar-refractivity contribution in [2.24, 2.45) is 5.92 Å². The van der Waals surface area contributed by atoms with Crippen molar-refractivity contribution in [1.29, 1.82) is 0 Å². The number of aryl methyl sites for hydroxylation is 2. The van der Waals surface area contributed by atoms with Gasteiger partial charge in [0.25, 0.3) is 5.91 Å². The molecule has 1 fully saturated rings. The fraction of sp³-hybridized carbons (Fsp3) is 0.233. The molecule has 1 unspecified atom stereocenters. The highest BCUT2D eigenvalue weighted by Gasteiger charge is 2.24. The first-order chi connectivity index (χ1) is 17.9. The zero-order valence-electron chi connectivity index (χ0n) is 20.8. The van der Waals surface area contributed by atoms with Crippen LogP contribution in [0.15, 0.2) is 72.8 Å². The third-order valence-electron chi connectivity index (χ3n) is 6.52. The number of anilines is 1. The highest BCUT2D eigenvalue weighted by atomic mass is 19.1. The summed E-state index contributed by atoms with van der Waals surface area (Å²) in [5.41, 5.74) is 5.14. The zero-order valence-corrected chi connectivity index (χ0v) is 20.8. The number of aromatic nitrogens is 2. The topological polar surface area (TPSA) is 63.3 Å². The van der Waals surface area contributed by atoms with Gasteiger partial charge in [-0.2, -0.15) is 5.10 Å². The molecule has 37 heavy (non-hydrogen) atoms. The predicted molar refractivity (Wildman–Crippen MR) is 143 cm³/mol. The molecule has 186 valence electrons. The fourth-order valence-corrected chi connectivity index (χ4v) is 4.44. The molecule has 5 rings (SSSR count). The monoisotopic (exact) mass is 493 g/mol. The minimum Gasteiger partial charge on any atom is -0.318 e. The van der Waals surface area contributed by atoms with Gasteiger partial charge in [0.2, 0.25) is 0 Å². The van der Waals surface area contributed by atoms with Gasteiger partial charge in [0.1, 0.15) is 11.5 Å². The van der Waals surface area contributed by atoms with Crippen LogP contribution in [-0.4, -0.2) is 22.2 Å². The van der Waals surface area contributed by atoms with Crippen LogP contribution in [-0.2, 0) is 0 Å². The molecular weight excluding hydrogens is 465 g/mol. The molecule has 0 spiro atoms. The number of carbonyl (C=O) groups is 1. The van der Waals surface area contributed by atoms with Gasteiger partial charge in [-0.15, -0.1) is 0 Å². The fourth-order valence-electron chi connectivity index (χ4n) is 4.44. The van der Waals surface area contributed by atoms with Crippen LogP contribution < -0.4 is 10.6 Å². The Kier molecular flexibility index (Phi) is 6.85. The van der Waals surface area contributed by atoms with Crippen molar-refractivity contribution >= 4 is 17.3 Å². The van der Waals surface area contributed by atoms with Gasteiger partial charge in [-0.1, -0.05) is 48.0 Å². The van der Waals surface area contributed by atoms with Crippen LogP contribution in [0.2, 0.25) is 0 Å². The number of rotatable bonds is 8. The average Bonchev–Trinajstić information content (AvgIpc) is 3.64. The Morgan fingerprint density at radius 2 is 1.86 bits per heavy atom. The Bertz CT molecular complexity index is 1500.